The molecule has 4 nitrogen and oxygen atoms in total. The Kier molecular flexibility index (Phi) is 8.53. The molecule has 0 spiro atoms. The fourth-order valence-electron chi connectivity index (χ4n) is 2.45. The van der Waals surface area contributed by atoms with Crippen LogP contribution in [0.15, 0.2) is 33.7 Å². The first-order valence-electron chi connectivity index (χ1n) is 7.56. The molecule has 22 heavy (non-hydrogen) atoms. The zero-order valence-corrected chi connectivity index (χ0v) is 17.4. The second kappa shape index (κ2) is 9.60. The Morgan fingerprint density at radius 1 is 1.36 bits per heavy atom. The van der Waals surface area contributed by atoms with E-state index in [1.807, 2.05) is 7.05 Å². The van der Waals surface area contributed by atoms with Crippen LogP contribution >= 0.6 is 39.9 Å². The van der Waals surface area contributed by atoms with Gasteiger partial charge in [0, 0.05) is 42.9 Å². The number of hydrogen-bond donors (Lipinski definition) is 2. The molecule has 0 amide bonds. The van der Waals surface area contributed by atoms with Crippen molar-refractivity contribution >= 4 is 51.6 Å². The van der Waals surface area contributed by atoms with Crippen molar-refractivity contribution in [3.8, 4) is 0 Å². The second-order valence-electron chi connectivity index (χ2n) is 5.90. The summed E-state index contributed by atoms with van der Waals surface area (Å²) in [5.74, 6) is 1.53. The molecule has 0 bridgehead atoms. The van der Waals surface area contributed by atoms with Gasteiger partial charge in [0.1, 0.15) is 0 Å². The first-order chi connectivity index (χ1) is 10.1. The molecule has 0 aliphatic carbocycles. The van der Waals surface area contributed by atoms with Crippen molar-refractivity contribution in [3.05, 3.63) is 28.7 Å². The monoisotopic (exact) mass is 480 g/mol. The molecule has 1 aromatic carbocycles. The molecular weight excluding hydrogens is 455 g/mol. The standard InChI is InChI=1S/C16H25BrN4.HI/c1-12(2)10-19-16(18-3)20-14-8-9-21(11-14)15-6-4-13(17)5-7-15;/h4-7,12,14H,8-11H2,1-3H3,(H2,18,19,20);1H. The van der Waals surface area contributed by atoms with E-state index in [-0.39, 0.29) is 24.0 Å². The Balaban J connectivity index is 0.00000242. The van der Waals surface area contributed by atoms with Gasteiger partial charge in [-0.3, -0.25) is 4.99 Å². The van der Waals surface area contributed by atoms with Crippen LogP contribution in [0.2, 0.25) is 0 Å². The zero-order chi connectivity index (χ0) is 15.2. The number of aliphatic imine (C=N–C) groups is 1. The summed E-state index contributed by atoms with van der Waals surface area (Å²) in [6, 6.07) is 8.97. The highest BCUT2D eigenvalue weighted by Gasteiger charge is 2.23. The number of halogens is 2. The maximum atomic E-state index is 4.30. The fourth-order valence-corrected chi connectivity index (χ4v) is 2.72. The molecule has 6 heteroatoms. The van der Waals surface area contributed by atoms with Gasteiger partial charge in [-0.2, -0.15) is 0 Å². The lowest BCUT2D eigenvalue weighted by Gasteiger charge is -2.21. The molecule has 1 saturated heterocycles. The van der Waals surface area contributed by atoms with E-state index in [0.717, 1.165) is 36.5 Å². The zero-order valence-electron chi connectivity index (χ0n) is 13.5. The number of rotatable bonds is 4. The highest BCUT2D eigenvalue weighted by Crippen LogP contribution is 2.22. The predicted molar refractivity (Wildman–Crippen MR) is 110 cm³/mol. The van der Waals surface area contributed by atoms with E-state index < -0.39 is 0 Å². The minimum absolute atomic E-state index is 0. The van der Waals surface area contributed by atoms with Crippen molar-refractivity contribution in [1.82, 2.24) is 10.6 Å². The van der Waals surface area contributed by atoms with Crippen LogP contribution in [0.1, 0.15) is 20.3 Å². The number of anilines is 1. The van der Waals surface area contributed by atoms with Crippen LogP contribution in [0, 0.1) is 5.92 Å². The fraction of sp³-hybridized carbons (Fsp3) is 0.562. The molecule has 1 atom stereocenters. The SMILES string of the molecule is CN=C(NCC(C)C)NC1CCN(c2ccc(Br)cc2)C1.I. The van der Waals surface area contributed by atoms with Crippen molar-refractivity contribution < 1.29 is 0 Å². The van der Waals surface area contributed by atoms with Gasteiger partial charge in [-0.15, -0.1) is 24.0 Å². The molecule has 1 unspecified atom stereocenters. The van der Waals surface area contributed by atoms with Crippen LogP contribution in [-0.2, 0) is 0 Å². The van der Waals surface area contributed by atoms with Gasteiger partial charge in [-0.05, 0) is 36.6 Å². The van der Waals surface area contributed by atoms with Gasteiger partial charge in [0.25, 0.3) is 0 Å². The molecule has 1 fully saturated rings. The molecule has 0 radical (unpaired) electrons. The van der Waals surface area contributed by atoms with Crippen LogP contribution in [0.4, 0.5) is 5.69 Å². The van der Waals surface area contributed by atoms with Gasteiger partial charge in [-0.1, -0.05) is 29.8 Å². The third kappa shape index (κ3) is 5.95. The molecular formula is C16H26BrIN4. The average molecular weight is 481 g/mol. The van der Waals surface area contributed by atoms with Gasteiger partial charge in [0.05, 0.1) is 0 Å². The van der Waals surface area contributed by atoms with Crippen LogP contribution in [0.25, 0.3) is 0 Å². The summed E-state index contributed by atoms with van der Waals surface area (Å²) < 4.78 is 1.12. The third-order valence-corrected chi connectivity index (χ3v) is 4.15. The molecule has 0 saturated carbocycles. The number of benzene rings is 1. The molecule has 2 N–H and O–H groups in total. The summed E-state index contributed by atoms with van der Waals surface area (Å²) in [4.78, 5) is 6.72. The maximum Gasteiger partial charge on any atom is 0.191 e. The predicted octanol–water partition coefficient (Wildman–Crippen LogP) is 3.47. The van der Waals surface area contributed by atoms with E-state index in [2.05, 4.69) is 74.6 Å². The number of guanidine groups is 1. The molecule has 2 rings (SSSR count). The van der Waals surface area contributed by atoms with E-state index >= 15 is 0 Å². The Hall–Kier alpha value is -0.500. The lowest BCUT2D eigenvalue weighted by atomic mass is 10.2. The molecule has 1 aromatic rings. The minimum atomic E-state index is 0. The largest absolute Gasteiger partial charge is 0.369 e. The van der Waals surface area contributed by atoms with Crippen molar-refractivity contribution in [2.24, 2.45) is 10.9 Å². The van der Waals surface area contributed by atoms with E-state index in [0.29, 0.717) is 12.0 Å². The van der Waals surface area contributed by atoms with Crippen LogP contribution in [0.3, 0.4) is 0 Å². The molecule has 1 aliphatic rings. The summed E-state index contributed by atoms with van der Waals surface area (Å²) in [6.07, 6.45) is 1.14. The number of hydrogen-bond acceptors (Lipinski definition) is 2. The van der Waals surface area contributed by atoms with Crippen molar-refractivity contribution in [2.75, 3.05) is 31.6 Å². The maximum absolute atomic E-state index is 4.30. The van der Waals surface area contributed by atoms with Crippen LogP contribution < -0.4 is 15.5 Å². The lowest BCUT2D eigenvalue weighted by molar-refractivity contribution is 0.595. The molecule has 124 valence electrons. The summed E-state index contributed by atoms with van der Waals surface area (Å²) in [6.45, 7) is 7.45. The summed E-state index contributed by atoms with van der Waals surface area (Å²) >= 11 is 3.48. The van der Waals surface area contributed by atoms with E-state index in [9.17, 15) is 0 Å². The Bertz CT molecular complexity index is 476. The summed E-state index contributed by atoms with van der Waals surface area (Å²) in [5.41, 5.74) is 1.28. The van der Waals surface area contributed by atoms with Gasteiger partial charge < -0.3 is 15.5 Å². The second-order valence-corrected chi connectivity index (χ2v) is 6.82. The minimum Gasteiger partial charge on any atom is -0.369 e. The van der Waals surface area contributed by atoms with Crippen molar-refractivity contribution in [3.63, 3.8) is 0 Å². The Morgan fingerprint density at radius 2 is 2.05 bits per heavy atom. The van der Waals surface area contributed by atoms with E-state index in [1.54, 1.807) is 0 Å². The van der Waals surface area contributed by atoms with Gasteiger partial charge in [0.15, 0.2) is 5.96 Å². The van der Waals surface area contributed by atoms with Gasteiger partial charge >= 0.3 is 0 Å². The molecule has 1 heterocycles. The summed E-state index contributed by atoms with van der Waals surface area (Å²) in [7, 11) is 1.83. The van der Waals surface area contributed by atoms with Gasteiger partial charge in [-0.25, -0.2) is 0 Å². The smallest absolute Gasteiger partial charge is 0.191 e. The quantitative estimate of drug-likeness (QED) is 0.393. The number of nitrogens with one attached hydrogen (secondary N) is 2. The first kappa shape index (κ1) is 19.5. The number of nitrogens with zero attached hydrogens (tertiary/aromatic N) is 2. The van der Waals surface area contributed by atoms with Gasteiger partial charge in [0.2, 0.25) is 0 Å². The first-order valence-corrected chi connectivity index (χ1v) is 8.35. The molecule has 0 aromatic heterocycles. The summed E-state index contributed by atoms with van der Waals surface area (Å²) in [5, 5.41) is 6.89. The Labute approximate surface area is 159 Å². The van der Waals surface area contributed by atoms with Crippen LogP contribution in [-0.4, -0.2) is 38.7 Å². The Morgan fingerprint density at radius 3 is 2.64 bits per heavy atom. The third-order valence-electron chi connectivity index (χ3n) is 3.62. The average Bonchev–Trinajstić information content (AvgIpc) is 2.92. The molecule has 1 aliphatic heterocycles. The van der Waals surface area contributed by atoms with Crippen molar-refractivity contribution in [2.45, 2.75) is 26.3 Å². The normalized spacial score (nSPS) is 18.3. The van der Waals surface area contributed by atoms with Crippen LogP contribution in [0.5, 0.6) is 0 Å². The highest BCUT2D eigenvalue weighted by molar-refractivity contribution is 14.0. The van der Waals surface area contributed by atoms with Crippen molar-refractivity contribution in [1.29, 1.82) is 0 Å². The highest BCUT2D eigenvalue weighted by atomic mass is 127. The van der Waals surface area contributed by atoms with E-state index in [1.165, 1.54) is 5.69 Å². The van der Waals surface area contributed by atoms with E-state index in [4.69, 9.17) is 0 Å². The lowest BCUT2D eigenvalue weighted by Crippen LogP contribution is -2.45. The topological polar surface area (TPSA) is 39.7 Å².